The standard InChI is InChI=1S/C19H24O3S/c1-15(19(20)21)6-3-2-4-7-16-9-11-17(12-10-16)22-14-18-8-5-13-23-18/h5,8-13,15H,2-4,6-7,14H2,1H3,(H,20,21). The van der Waals surface area contributed by atoms with Crippen LogP contribution in [0.5, 0.6) is 5.75 Å². The van der Waals surface area contributed by atoms with Crippen molar-refractivity contribution in [1.29, 1.82) is 0 Å². The smallest absolute Gasteiger partial charge is 0.306 e. The van der Waals surface area contributed by atoms with Gasteiger partial charge in [0.15, 0.2) is 0 Å². The predicted octanol–water partition coefficient (Wildman–Crippen LogP) is 5.15. The number of ether oxygens (including phenoxy) is 1. The molecular weight excluding hydrogens is 308 g/mol. The number of unbranched alkanes of at least 4 members (excludes halogenated alkanes) is 2. The average Bonchev–Trinajstić information content (AvgIpc) is 3.07. The number of hydrogen-bond acceptors (Lipinski definition) is 3. The van der Waals surface area contributed by atoms with Gasteiger partial charge in [-0.25, -0.2) is 0 Å². The van der Waals surface area contributed by atoms with Crippen LogP contribution in [-0.4, -0.2) is 11.1 Å². The molecular formula is C19H24O3S. The molecule has 4 heteroatoms. The molecule has 1 heterocycles. The average molecular weight is 332 g/mol. The van der Waals surface area contributed by atoms with Gasteiger partial charge in [-0.15, -0.1) is 11.3 Å². The van der Waals surface area contributed by atoms with E-state index in [9.17, 15) is 4.79 Å². The van der Waals surface area contributed by atoms with Gasteiger partial charge in [0.2, 0.25) is 0 Å². The third kappa shape index (κ3) is 6.45. The number of aliphatic carboxylic acids is 1. The second-order valence-electron chi connectivity index (χ2n) is 5.85. The van der Waals surface area contributed by atoms with Crippen molar-refractivity contribution in [3.63, 3.8) is 0 Å². The molecule has 1 atom stereocenters. The molecule has 0 fully saturated rings. The normalized spacial score (nSPS) is 12.0. The van der Waals surface area contributed by atoms with Crippen LogP contribution in [0.15, 0.2) is 41.8 Å². The van der Waals surface area contributed by atoms with Crippen molar-refractivity contribution in [1.82, 2.24) is 0 Å². The van der Waals surface area contributed by atoms with Crippen LogP contribution in [0.2, 0.25) is 0 Å². The van der Waals surface area contributed by atoms with Gasteiger partial charge >= 0.3 is 5.97 Å². The highest BCUT2D eigenvalue weighted by atomic mass is 32.1. The Balaban J connectivity index is 1.63. The first kappa shape index (κ1) is 17.5. The second kappa shape index (κ2) is 9.36. The minimum atomic E-state index is -0.692. The molecule has 0 saturated heterocycles. The van der Waals surface area contributed by atoms with Gasteiger partial charge in [0.25, 0.3) is 0 Å². The highest BCUT2D eigenvalue weighted by Gasteiger charge is 2.09. The molecule has 0 aliphatic rings. The minimum absolute atomic E-state index is 0.227. The van der Waals surface area contributed by atoms with E-state index in [0.717, 1.165) is 37.9 Å². The molecule has 0 amide bonds. The first-order valence-corrected chi connectivity index (χ1v) is 9.00. The largest absolute Gasteiger partial charge is 0.488 e. The SMILES string of the molecule is CC(CCCCCc1ccc(OCc2cccs2)cc1)C(=O)O. The van der Waals surface area contributed by atoms with Crippen LogP contribution < -0.4 is 4.74 Å². The number of hydrogen-bond donors (Lipinski definition) is 1. The van der Waals surface area contributed by atoms with Gasteiger partial charge in [-0.05, 0) is 48.4 Å². The molecule has 0 radical (unpaired) electrons. The number of carboxylic acids is 1. The van der Waals surface area contributed by atoms with Crippen molar-refractivity contribution in [2.75, 3.05) is 0 Å². The number of aryl methyl sites for hydroxylation is 1. The number of rotatable bonds is 10. The van der Waals surface area contributed by atoms with Gasteiger partial charge in [-0.3, -0.25) is 4.79 Å². The monoisotopic (exact) mass is 332 g/mol. The lowest BCUT2D eigenvalue weighted by atomic mass is 10.0. The van der Waals surface area contributed by atoms with Gasteiger partial charge in [0.1, 0.15) is 12.4 Å². The third-order valence-corrected chi connectivity index (χ3v) is 4.76. The number of thiophene rings is 1. The van der Waals surface area contributed by atoms with E-state index in [-0.39, 0.29) is 5.92 Å². The number of carbonyl (C=O) groups is 1. The van der Waals surface area contributed by atoms with Crippen molar-refractivity contribution in [2.45, 2.75) is 45.6 Å². The van der Waals surface area contributed by atoms with E-state index in [0.29, 0.717) is 6.61 Å². The summed E-state index contributed by atoms with van der Waals surface area (Å²) in [7, 11) is 0. The Morgan fingerprint density at radius 1 is 1.17 bits per heavy atom. The zero-order chi connectivity index (χ0) is 16.5. The van der Waals surface area contributed by atoms with Gasteiger partial charge < -0.3 is 9.84 Å². The zero-order valence-corrected chi connectivity index (χ0v) is 14.3. The van der Waals surface area contributed by atoms with Gasteiger partial charge in [-0.2, -0.15) is 0 Å². The maximum atomic E-state index is 10.7. The first-order valence-electron chi connectivity index (χ1n) is 8.12. The Bertz CT molecular complexity index is 575. The van der Waals surface area contributed by atoms with E-state index >= 15 is 0 Å². The third-order valence-electron chi connectivity index (χ3n) is 3.91. The highest BCUT2D eigenvalue weighted by molar-refractivity contribution is 7.09. The molecule has 1 aromatic carbocycles. The quantitative estimate of drug-likeness (QED) is 0.612. The van der Waals surface area contributed by atoms with E-state index in [2.05, 4.69) is 23.6 Å². The van der Waals surface area contributed by atoms with Crippen LogP contribution in [0.1, 0.15) is 43.0 Å². The molecule has 2 rings (SSSR count). The summed E-state index contributed by atoms with van der Waals surface area (Å²) in [6.07, 6.45) is 4.96. The Morgan fingerprint density at radius 3 is 2.61 bits per heavy atom. The van der Waals surface area contributed by atoms with Crippen molar-refractivity contribution in [3.8, 4) is 5.75 Å². The molecule has 23 heavy (non-hydrogen) atoms. The van der Waals surface area contributed by atoms with Gasteiger partial charge in [0, 0.05) is 4.88 Å². The topological polar surface area (TPSA) is 46.5 Å². The summed E-state index contributed by atoms with van der Waals surface area (Å²) in [6, 6.07) is 12.4. The maximum Gasteiger partial charge on any atom is 0.306 e. The summed E-state index contributed by atoms with van der Waals surface area (Å²) >= 11 is 1.70. The summed E-state index contributed by atoms with van der Waals surface area (Å²) in [5.74, 6) is -0.0182. The molecule has 0 aliphatic heterocycles. The Kier molecular flexibility index (Phi) is 7.14. The summed E-state index contributed by atoms with van der Waals surface area (Å²) in [5, 5.41) is 10.9. The zero-order valence-electron chi connectivity index (χ0n) is 13.5. The maximum absolute atomic E-state index is 10.7. The van der Waals surface area contributed by atoms with Crippen molar-refractivity contribution < 1.29 is 14.6 Å². The molecule has 1 unspecified atom stereocenters. The fourth-order valence-corrected chi connectivity index (χ4v) is 3.00. The molecule has 1 aromatic heterocycles. The van der Waals surface area contributed by atoms with Crippen LogP contribution in [0, 0.1) is 5.92 Å². The molecule has 0 saturated carbocycles. The summed E-state index contributed by atoms with van der Waals surface area (Å²) < 4.78 is 5.75. The first-order chi connectivity index (χ1) is 11.1. The molecule has 2 aromatic rings. The van der Waals surface area contributed by atoms with E-state index in [4.69, 9.17) is 9.84 Å². The van der Waals surface area contributed by atoms with E-state index in [1.54, 1.807) is 18.3 Å². The molecule has 0 aliphatic carbocycles. The van der Waals surface area contributed by atoms with E-state index < -0.39 is 5.97 Å². The van der Waals surface area contributed by atoms with Crippen LogP contribution in [0.3, 0.4) is 0 Å². The number of benzene rings is 1. The van der Waals surface area contributed by atoms with E-state index in [1.807, 2.05) is 18.2 Å². The van der Waals surface area contributed by atoms with Crippen LogP contribution in [0.25, 0.3) is 0 Å². The fraction of sp³-hybridized carbons (Fsp3) is 0.421. The summed E-state index contributed by atoms with van der Waals surface area (Å²) in [6.45, 7) is 2.40. The van der Waals surface area contributed by atoms with Gasteiger partial charge in [-0.1, -0.05) is 38.0 Å². The molecule has 124 valence electrons. The Hall–Kier alpha value is -1.81. The molecule has 0 bridgehead atoms. The Labute approximate surface area is 141 Å². The van der Waals surface area contributed by atoms with Gasteiger partial charge in [0.05, 0.1) is 5.92 Å². The highest BCUT2D eigenvalue weighted by Crippen LogP contribution is 2.18. The molecule has 3 nitrogen and oxygen atoms in total. The summed E-state index contributed by atoms with van der Waals surface area (Å²) in [4.78, 5) is 12.0. The van der Waals surface area contributed by atoms with Crippen molar-refractivity contribution in [2.24, 2.45) is 5.92 Å². The molecule has 0 spiro atoms. The van der Waals surface area contributed by atoms with E-state index in [1.165, 1.54) is 10.4 Å². The van der Waals surface area contributed by atoms with Crippen molar-refractivity contribution in [3.05, 3.63) is 52.2 Å². The Morgan fingerprint density at radius 2 is 1.96 bits per heavy atom. The lowest BCUT2D eigenvalue weighted by Gasteiger charge is -2.07. The summed E-state index contributed by atoms with van der Waals surface area (Å²) in [5.41, 5.74) is 1.31. The predicted molar refractivity (Wildman–Crippen MR) is 94.1 cm³/mol. The fourth-order valence-electron chi connectivity index (χ4n) is 2.38. The molecule has 1 N–H and O–H groups in total. The lowest BCUT2D eigenvalue weighted by Crippen LogP contribution is -2.08. The van der Waals surface area contributed by atoms with Crippen molar-refractivity contribution >= 4 is 17.3 Å². The lowest BCUT2D eigenvalue weighted by molar-refractivity contribution is -0.141. The van der Waals surface area contributed by atoms with Crippen LogP contribution >= 0.6 is 11.3 Å². The minimum Gasteiger partial charge on any atom is -0.488 e. The number of carboxylic acid groups (broad SMARTS) is 1. The van der Waals surface area contributed by atoms with Crippen LogP contribution in [-0.2, 0) is 17.8 Å². The van der Waals surface area contributed by atoms with Crippen LogP contribution in [0.4, 0.5) is 0 Å². The second-order valence-corrected chi connectivity index (χ2v) is 6.88.